The highest BCUT2D eigenvalue weighted by atomic mass is 32.2. The molecule has 1 aromatic carbocycles. The first-order valence-corrected chi connectivity index (χ1v) is 12.1. The highest BCUT2D eigenvalue weighted by molar-refractivity contribution is 7.99. The van der Waals surface area contributed by atoms with Crippen LogP contribution in [0.5, 0.6) is 0 Å². The summed E-state index contributed by atoms with van der Waals surface area (Å²) in [7, 11) is 2.06. The third-order valence-corrected chi connectivity index (χ3v) is 7.09. The standard InChI is InChI=1S/C25H29FN4O2S/c1-16-22(27-17(2)23(16)25(32)30-11-9-29(3)10-12-30)15-20-19-14-18(33-13-5-4-8-26)6-7-21(19)28-24(20)31/h4-7,14-15,27H,8-13H2,1-3H3,(H,28,31). The van der Waals surface area contributed by atoms with Crippen molar-refractivity contribution in [3.8, 4) is 0 Å². The molecule has 0 bridgehead atoms. The molecule has 8 heteroatoms. The van der Waals surface area contributed by atoms with Gasteiger partial charge in [0.1, 0.15) is 6.67 Å². The third kappa shape index (κ3) is 4.91. The molecule has 0 radical (unpaired) electrons. The second kappa shape index (κ2) is 9.97. The number of piperazine rings is 1. The lowest BCUT2D eigenvalue weighted by molar-refractivity contribution is -0.110. The molecule has 33 heavy (non-hydrogen) atoms. The largest absolute Gasteiger partial charge is 0.358 e. The van der Waals surface area contributed by atoms with Gasteiger partial charge in [0.2, 0.25) is 0 Å². The fourth-order valence-electron chi connectivity index (χ4n) is 4.23. The molecule has 3 heterocycles. The third-order valence-electron chi connectivity index (χ3n) is 6.15. The number of fused-ring (bicyclic) bond motifs is 1. The van der Waals surface area contributed by atoms with Crippen LogP contribution in [0, 0.1) is 13.8 Å². The number of H-pyrrole nitrogens is 1. The monoisotopic (exact) mass is 468 g/mol. The lowest BCUT2D eigenvalue weighted by atomic mass is 10.0. The average Bonchev–Trinajstić information content (AvgIpc) is 3.26. The van der Waals surface area contributed by atoms with Crippen molar-refractivity contribution in [3.05, 3.63) is 58.4 Å². The van der Waals surface area contributed by atoms with Gasteiger partial charge in [-0.3, -0.25) is 9.59 Å². The number of amides is 2. The number of allylic oxidation sites excluding steroid dienone is 1. The van der Waals surface area contributed by atoms with Crippen LogP contribution < -0.4 is 5.32 Å². The summed E-state index contributed by atoms with van der Waals surface area (Å²) in [5, 5.41) is 2.92. The maximum Gasteiger partial charge on any atom is 0.256 e. The van der Waals surface area contributed by atoms with E-state index < -0.39 is 6.67 Å². The van der Waals surface area contributed by atoms with Crippen molar-refractivity contribution in [2.75, 3.05) is 51.0 Å². The van der Waals surface area contributed by atoms with Crippen LogP contribution in [-0.4, -0.2) is 72.3 Å². The molecule has 1 aromatic heterocycles. The number of hydrogen-bond donors (Lipinski definition) is 2. The molecule has 0 saturated carbocycles. The van der Waals surface area contributed by atoms with Crippen molar-refractivity contribution in [2.24, 2.45) is 0 Å². The lowest BCUT2D eigenvalue weighted by Crippen LogP contribution is -2.47. The average molecular weight is 469 g/mol. The first-order chi connectivity index (χ1) is 15.9. The summed E-state index contributed by atoms with van der Waals surface area (Å²) in [6.45, 7) is 6.53. The van der Waals surface area contributed by atoms with Crippen molar-refractivity contribution in [2.45, 2.75) is 18.7 Å². The molecule has 0 unspecified atom stereocenters. The number of anilines is 1. The Kier molecular flexibility index (Phi) is 7.05. The number of aryl methyl sites for hydroxylation is 1. The number of carbonyl (C=O) groups is 2. The zero-order valence-corrected chi connectivity index (χ0v) is 20.0. The Bertz CT molecular complexity index is 1130. The Hall–Kier alpha value is -2.84. The predicted octanol–water partition coefficient (Wildman–Crippen LogP) is 4.13. The van der Waals surface area contributed by atoms with Crippen LogP contribution >= 0.6 is 11.8 Å². The Labute approximate surface area is 197 Å². The highest BCUT2D eigenvalue weighted by Crippen LogP contribution is 2.36. The topological polar surface area (TPSA) is 68.4 Å². The number of aromatic amines is 1. The number of benzene rings is 1. The number of nitrogens with one attached hydrogen (secondary N) is 2. The molecule has 1 fully saturated rings. The number of hydrogen-bond acceptors (Lipinski definition) is 4. The van der Waals surface area contributed by atoms with Crippen LogP contribution in [0.1, 0.15) is 32.9 Å². The van der Waals surface area contributed by atoms with E-state index in [0.717, 1.165) is 46.2 Å². The molecule has 6 nitrogen and oxygen atoms in total. The van der Waals surface area contributed by atoms with Gasteiger partial charge >= 0.3 is 0 Å². The number of likely N-dealkylation sites (N-methyl/N-ethyl adjacent to an activating group) is 1. The summed E-state index contributed by atoms with van der Waals surface area (Å²) < 4.78 is 12.3. The van der Waals surface area contributed by atoms with Crippen LogP contribution in [0.2, 0.25) is 0 Å². The number of alkyl halides is 1. The van der Waals surface area contributed by atoms with Gasteiger partial charge in [-0.15, -0.1) is 11.8 Å². The molecule has 4 rings (SSSR count). The maximum absolute atomic E-state index is 13.2. The van der Waals surface area contributed by atoms with Crippen molar-refractivity contribution in [1.82, 2.24) is 14.8 Å². The summed E-state index contributed by atoms with van der Waals surface area (Å²) in [6.07, 6.45) is 5.12. The van der Waals surface area contributed by atoms with Crippen LogP contribution in [-0.2, 0) is 4.79 Å². The molecule has 0 atom stereocenters. The molecule has 1 saturated heterocycles. The molecular formula is C25H29FN4O2S. The van der Waals surface area contributed by atoms with Gasteiger partial charge in [0, 0.05) is 59.5 Å². The van der Waals surface area contributed by atoms with Crippen molar-refractivity contribution in [1.29, 1.82) is 0 Å². The van der Waals surface area contributed by atoms with Crippen LogP contribution in [0.15, 0.2) is 35.2 Å². The molecular weight excluding hydrogens is 439 g/mol. The molecule has 0 spiro atoms. The van der Waals surface area contributed by atoms with Gasteiger partial charge in [-0.25, -0.2) is 4.39 Å². The second-order valence-corrected chi connectivity index (χ2v) is 9.51. The van der Waals surface area contributed by atoms with Gasteiger partial charge in [0.25, 0.3) is 11.8 Å². The van der Waals surface area contributed by atoms with E-state index in [1.54, 1.807) is 17.8 Å². The number of rotatable bonds is 6. The van der Waals surface area contributed by atoms with Gasteiger partial charge < -0.3 is 20.1 Å². The van der Waals surface area contributed by atoms with E-state index in [9.17, 15) is 14.0 Å². The fraction of sp³-hybridized carbons (Fsp3) is 0.360. The van der Waals surface area contributed by atoms with Gasteiger partial charge in [-0.2, -0.15) is 0 Å². The van der Waals surface area contributed by atoms with Gasteiger partial charge in [0.15, 0.2) is 0 Å². The Balaban J connectivity index is 1.61. The number of nitrogens with zero attached hydrogens (tertiary/aromatic N) is 2. The van der Waals surface area contributed by atoms with Gasteiger partial charge in [-0.1, -0.05) is 12.2 Å². The number of halogens is 1. The van der Waals surface area contributed by atoms with E-state index >= 15 is 0 Å². The summed E-state index contributed by atoms with van der Waals surface area (Å²) in [5.41, 5.74) is 5.29. The molecule has 2 aliphatic heterocycles. The number of thioether (sulfide) groups is 1. The minimum Gasteiger partial charge on any atom is -0.358 e. The predicted molar refractivity (Wildman–Crippen MR) is 132 cm³/mol. The SMILES string of the molecule is Cc1[nH]c(C=C2C(=O)Nc3ccc(SCC=CCF)cc32)c(C)c1C(=O)N1CCN(C)CC1. The van der Waals surface area contributed by atoms with Gasteiger partial charge in [-0.05, 0) is 50.7 Å². The normalized spacial score (nSPS) is 17.8. The van der Waals surface area contributed by atoms with Crippen molar-refractivity contribution >= 4 is 40.9 Å². The Morgan fingerprint density at radius 2 is 1.94 bits per heavy atom. The molecule has 174 valence electrons. The van der Waals surface area contributed by atoms with Crippen molar-refractivity contribution in [3.63, 3.8) is 0 Å². The summed E-state index contributed by atoms with van der Waals surface area (Å²) in [6, 6.07) is 5.83. The second-order valence-electron chi connectivity index (χ2n) is 8.42. The summed E-state index contributed by atoms with van der Waals surface area (Å²) >= 11 is 1.58. The first-order valence-electron chi connectivity index (χ1n) is 11.1. The van der Waals surface area contributed by atoms with E-state index in [1.807, 2.05) is 43.0 Å². The van der Waals surface area contributed by atoms with Crippen LogP contribution in [0.4, 0.5) is 10.1 Å². The zero-order chi connectivity index (χ0) is 23.5. The smallest absolute Gasteiger partial charge is 0.256 e. The van der Waals surface area contributed by atoms with E-state index in [4.69, 9.17) is 0 Å². The molecule has 2 N–H and O–H groups in total. The number of aromatic nitrogens is 1. The van der Waals surface area contributed by atoms with Gasteiger partial charge in [0.05, 0.1) is 11.1 Å². The molecule has 2 amide bonds. The summed E-state index contributed by atoms with van der Waals surface area (Å²) in [4.78, 5) is 34.4. The molecule has 2 aromatic rings. The first kappa shape index (κ1) is 23.3. The Morgan fingerprint density at radius 1 is 1.18 bits per heavy atom. The van der Waals surface area contributed by atoms with E-state index in [2.05, 4.69) is 22.2 Å². The van der Waals surface area contributed by atoms with E-state index in [0.29, 0.717) is 30.0 Å². The van der Waals surface area contributed by atoms with Crippen LogP contribution in [0.3, 0.4) is 0 Å². The van der Waals surface area contributed by atoms with Crippen LogP contribution in [0.25, 0.3) is 11.6 Å². The summed E-state index contributed by atoms with van der Waals surface area (Å²) in [5.74, 6) is 0.536. The maximum atomic E-state index is 13.2. The number of carbonyl (C=O) groups excluding carboxylic acids is 2. The highest BCUT2D eigenvalue weighted by Gasteiger charge is 2.28. The zero-order valence-electron chi connectivity index (χ0n) is 19.2. The lowest BCUT2D eigenvalue weighted by Gasteiger charge is -2.32. The Morgan fingerprint density at radius 3 is 2.67 bits per heavy atom. The fourth-order valence-corrected chi connectivity index (χ4v) is 5.02. The van der Waals surface area contributed by atoms with E-state index in [1.165, 1.54) is 6.08 Å². The minimum atomic E-state index is -0.468. The van der Waals surface area contributed by atoms with E-state index in [-0.39, 0.29) is 11.8 Å². The minimum absolute atomic E-state index is 0.0373. The van der Waals surface area contributed by atoms with Crippen molar-refractivity contribution < 1.29 is 14.0 Å². The quantitative estimate of drug-likeness (QED) is 0.380. The molecule has 0 aliphatic carbocycles. The molecule has 2 aliphatic rings.